The zero-order chi connectivity index (χ0) is 15.9. The molecule has 0 N–H and O–H groups in total. The van der Waals surface area contributed by atoms with Gasteiger partial charge in [0.1, 0.15) is 0 Å². The maximum atomic E-state index is 6.37. The fourth-order valence-corrected chi connectivity index (χ4v) is 6.68. The Kier molecular flexibility index (Phi) is 9.26. The Morgan fingerprint density at radius 3 is 1.18 bits per heavy atom. The molecule has 2 rings (SSSR count). The molecular formula is C16H22Cl4S2. The van der Waals surface area contributed by atoms with Crippen LogP contribution >= 0.6 is 69.9 Å². The Morgan fingerprint density at radius 1 is 0.545 bits per heavy atom. The van der Waals surface area contributed by atoms with Gasteiger partial charge < -0.3 is 0 Å². The van der Waals surface area contributed by atoms with E-state index in [2.05, 4.69) is 0 Å². The van der Waals surface area contributed by atoms with Crippen molar-refractivity contribution in [3.05, 3.63) is 18.8 Å². The van der Waals surface area contributed by atoms with Crippen molar-refractivity contribution in [2.24, 2.45) is 0 Å². The Morgan fingerprint density at radius 2 is 0.864 bits per heavy atom. The van der Waals surface area contributed by atoms with Gasteiger partial charge in [0, 0.05) is 10.5 Å². The Balaban J connectivity index is 1.95. The van der Waals surface area contributed by atoms with Crippen LogP contribution in [0.4, 0.5) is 0 Å². The van der Waals surface area contributed by atoms with E-state index in [-0.39, 0.29) is 0 Å². The number of allylic oxidation sites excluding steroid dienone is 2. The molecule has 0 bridgehead atoms. The van der Waals surface area contributed by atoms with E-state index in [0.717, 1.165) is 0 Å². The van der Waals surface area contributed by atoms with Gasteiger partial charge in [-0.2, -0.15) is 0 Å². The molecule has 2 aliphatic rings. The summed E-state index contributed by atoms with van der Waals surface area (Å²) in [5, 5.41) is 1.94. The van der Waals surface area contributed by atoms with Crippen LogP contribution in [0.3, 0.4) is 0 Å². The molecule has 0 spiro atoms. The summed E-state index contributed by atoms with van der Waals surface area (Å²) < 4.78 is 1.17. The lowest BCUT2D eigenvalue weighted by molar-refractivity contribution is 0.517. The van der Waals surface area contributed by atoms with Crippen molar-refractivity contribution in [3.63, 3.8) is 0 Å². The second kappa shape index (κ2) is 10.4. The summed E-state index contributed by atoms with van der Waals surface area (Å²) in [7, 11) is 0. The largest absolute Gasteiger partial charge is 0.109 e. The van der Waals surface area contributed by atoms with Gasteiger partial charge in [0.05, 0.1) is 18.8 Å². The van der Waals surface area contributed by atoms with Crippen molar-refractivity contribution < 1.29 is 0 Å². The van der Waals surface area contributed by atoms with Crippen molar-refractivity contribution in [2.75, 3.05) is 0 Å². The van der Waals surface area contributed by atoms with Crippen molar-refractivity contribution in [1.82, 2.24) is 0 Å². The predicted octanol–water partition coefficient (Wildman–Crippen LogP) is 8.41. The molecule has 0 nitrogen and oxygen atoms in total. The van der Waals surface area contributed by atoms with Crippen LogP contribution in [0.2, 0.25) is 0 Å². The minimum Gasteiger partial charge on any atom is -0.109 e. The van der Waals surface area contributed by atoms with Crippen molar-refractivity contribution >= 4 is 69.9 Å². The minimum atomic E-state index is 0.409. The highest BCUT2D eigenvalue weighted by Gasteiger charge is 2.21. The Labute approximate surface area is 162 Å². The summed E-state index contributed by atoms with van der Waals surface area (Å²) in [6.07, 6.45) is 12.6. The summed E-state index contributed by atoms with van der Waals surface area (Å²) in [6, 6.07) is 0. The van der Waals surface area contributed by atoms with Gasteiger partial charge in [-0.05, 0) is 25.7 Å². The molecule has 0 heterocycles. The minimum absolute atomic E-state index is 0.409. The summed E-state index contributed by atoms with van der Waals surface area (Å²) in [6.45, 7) is 0. The van der Waals surface area contributed by atoms with Crippen molar-refractivity contribution in [1.29, 1.82) is 0 Å². The molecule has 0 aliphatic heterocycles. The van der Waals surface area contributed by atoms with E-state index in [9.17, 15) is 0 Å². The fourth-order valence-electron chi connectivity index (χ4n) is 2.93. The highest BCUT2D eigenvalue weighted by molar-refractivity contribution is 8.05. The van der Waals surface area contributed by atoms with Crippen LogP contribution in [0.25, 0.3) is 0 Å². The topological polar surface area (TPSA) is 0 Å². The third-order valence-electron chi connectivity index (χ3n) is 4.18. The van der Waals surface area contributed by atoms with E-state index >= 15 is 0 Å². The van der Waals surface area contributed by atoms with Gasteiger partial charge in [-0.1, -0.05) is 84.9 Å². The van der Waals surface area contributed by atoms with Gasteiger partial charge in [0.25, 0.3) is 0 Å². The van der Waals surface area contributed by atoms with Crippen LogP contribution in [-0.4, -0.2) is 10.5 Å². The van der Waals surface area contributed by atoms with Crippen LogP contribution in [0.5, 0.6) is 0 Å². The first-order chi connectivity index (χ1) is 10.6. The first kappa shape index (κ1) is 19.7. The zero-order valence-electron chi connectivity index (χ0n) is 12.6. The molecule has 0 amide bonds. The van der Waals surface area contributed by atoms with Gasteiger partial charge in [0.2, 0.25) is 0 Å². The maximum Gasteiger partial charge on any atom is 0.0940 e. The summed E-state index contributed by atoms with van der Waals surface area (Å²) in [4.78, 5) is 0. The average molecular weight is 420 g/mol. The summed E-state index contributed by atoms with van der Waals surface area (Å²) in [5.74, 6) is 0. The lowest BCUT2D eigenvalue weighted by Crippen LogP contribution is -2.08. The fraction of sp³-hybridized carbons (Fsp3) is 0.750. The van der Waals surface area contributed by atoms with Gasteiger partial charge in [0.15, 0.2) is 0 Å². The number of hydrogen-bond acceptors (Lipinski definition) is 2. The second-order valence-electron chi connectivity index (χ2n) is 5.93. The molecule has 126 valence electrons. The molecule has 0 aromatic heterocycles. The van der Waals surface area contributed by atoms with Crippen LogP contribution in [-0.2, 0) is 0 Å². The molecule has 0 aromatic rings. The Hall–Kier alpha value is 1.34. The van der Waals surface area contributed by atoms with Gasteiger partial charge in [-0.25, -0.2) is 0 Å². The molecule has 22 heavy (non-hydrogen) atoms. The number of halogens is 4. The monoisotopic (exact) mass is 418 g/mol. The normalized spacial score (nSPS) is 24.0. The highest BCUT2D eigenvalue weighted by atomic mass is 35.5. The molecular weight excluding hydrogens is 398 g/mol. The van der Waals surface area contributed by atoms with Gasteiger partial charge >= 0.3 is 0 Å². The quantitative estimate of drug-likeness (QED) is 0.410. The maximum absolute atomic E-state index is 6.37. The summed E-state index contributed by atoms with van der Waals surface area (Å²) >= 11 is 28.7. The van der Waals surface area contributed by atoms with E-state index in [0.29, 0.717) is 29.3 Å². The third-order valence-corrected chi connectivity index (χ3v) is 8.80. The lowest BCUT2D eigenvalue weighted by atomic mass is 10.0. The van der Waals surface area contributed by atoms with Crippen LogP contribution in [0.15, 0.2) is 18.8 Å². The molecule has 2 fully saturated rings. The lowest BCUT2D eigenvalue weighted by Gasteiger charge is -2.22. The van der Waals surface area contributed by atoms with Gasteiger partial charge in [-0.15, -0.1) is 23.5 Å². The van der Waals surface area contributed by atoms with E-state index in [1.807, 2.05) is 0 Å². The number of hydrogen-bond donors (Lipinski definition) is 0. The van der Waals surface area contributed by atoms with Gasteiger partial charge in [-0.3, -0.25) is 0 Å². The SMILES string of the molecule is Cl/C(SC1CCCCC1)=C(Cl)\C(Cl)=C(/Cl)SC1CCCCC1. The zero-order valence-corrected chi connectivity index (χ0v) is 17.2. The molecule has 0 atom stereocenters. The first-order valence-corrected chi connectivity index (χ1v) is 11.3. The summed E-state index contributed by atoms with van der Waals surface area (Å²) in [5.41, 5.74) is 0. The van der Waals surface area contributed by atoms with Crippen LogP contribution in [0, 0.1) is 0 Å². The molecule has 0 saturated heterocycles. The molecule has 0 unspecified atom stereocenters. The smallest absolute Gasteiger partial charge is 0.0940 e. The van der Waals surface area contributed by atoms with Crippen molar-refractivity contribution in [2.45, 2.75) is 74.7 Å². The average Bonchev–Trinajstić information content (AvgIpc) is 2.55. The Bertz CT molecular complexity index is 382. The molecule has 2 saturated carbocycles. The van der Waals surface area contributed by atoms with Crippen LogP contribution in [0.1, 0.15) is 64.2 Å². The molecule has 0 radical (unpaired) electrons. The van der Waals surface area contributed by atoms with E-state index in [1.54, 1.807) is 23.5 Å². The highest BCUT2D eigenvalue weighted by Crippen LogP contribution is 2.44. The van der Waals surface area contributed by atoms with E-state index in [1.165, 1.54) is 64.2 Å². The van der Waals surface area contributed by atoms with E-state index < -0.39 is 0 Å². The molecule has 6 heteroatoms. The number of rotatable bonds is 5. The van der Waals surface area contributed by atoms with Crippen molar-refractivity contribution in [3.8, 4) is 0 Å². The number of thioether (sulfide) groups is 2. The third kappa shape index (κ3) is 6.33. The predicted molar refractivity (Wildman–Crippen MR) is 106 cm³/mol. The second-order valence-corrected chi connectivity index (χ2v) is 10.5. The first-order valence-electron chi connectivity index (χ1n) is 8.02. The van der Waals surface area contributed by atoms with E-state index in [4.69, 9.17) is 46.4 Å². The molecule has 0 aromatic carbocycles. The van der Waals surface area contributed by atoms with Crippen LogP contribution < -0.4 is 0 Å². The standard InChI is InChI=1S/C16H22Cl4S2/c17-13(15(19)21-11-7-3-1-4-8-11)14(18)16(20)22-12-9-5-2-6-10-12/h11-12H,1-10H2/b15-13-,16-14-. The molecule has 2 aliphatic carbocycles.